The molecule has 2 heterocycles. The smallest absolute Gasteiger partial charge is 0.269 e. The average Bonchev–Trinajstić information content (AvgIpc) is 2.87. The van der Waals surface area contributed by atoms with Crippen LogP contribution in [-0.2, 0) is 13.0 Å². The number of aliphatic imine (C=N–C) groups is 2. The fourth-order valence-corrected chi connectivity index (χ4v) is 3.92. The Morgan fingerprint density at radius 3 is 2.71 bits per heavy atom. The molecular formula is C27H24N6O. The number of nitriles is 1. The van der Waals surface area contributed by atoms with Crippen LogP contribution in [-0.4, -0.2) is 28.8 Å². The molecule has 0 fully saturated rings. The van der Waals surface area contributed by atoms with Gasteiger partial charge in [-0.2, -0.15) is 5.26 Å². The molecule has 0 aliphatic rings. The van der Waals surface area contributed by atoms with E-state index < -0.39 is 0 Å². The quantitative estimate of drug-likeness (QED) is 0.351. The molecule has 0 spiro atoms. The third-order valence-corrected chi connectivity index (χ3v) is 5.60. The Balaban J connectivity index is 1.75. The van der Waals surface area contributed by atoms with Crippen molar-refractivity contribution in [1.29, 1.82) is 5.26 Å². The normalized spacial score (nSPS) is 11.6. The third kappa shape index (κ3) is 4.76. The highest BCUT2D eigenvalue weighted by atomic mass is 16.1. The lowest BCUT2D eigenvalue weighted by Crippen LogP contribution is -2.30. The Hall–Kier alpha value is -4.57. The van der Waals surface area contributed by atoms with Crippen LogP contribution in [0.4, 0.5) is 5.69 Å². The Morgan fingerprint density at radius 2 is 1.94 bits per heavy atom. The molecule has 4 aromatic rings. The molecule has 7 nitrogen and oxygen atoms in total. The highest BCUT2D eigenvalue weighted by Crippen LogP contribution is 2.21. The number of aromatic nitrogens is 2. The van der Waals surface area contributed by atoms with E-state index in [9.17, 15) is 10.1 Å². The Morgan fingerprint density at radius 1 is 1.15 bits per heavy atom. The zero-order valence-electron chi connectivity index (χ0n) is 19.1. The number of aryl methyl sites for hydroxylation is 1. The number of hydrogen-bond acceptors (Lipinski definition) is 4. The van der Waals surface area contributed by atoms with Gasteiger partial charge in [0.15, 0.2) is 0 Å². The average molecular weight is 449 g/mol. The van der Waals surface area contributed by atoms with Crippen LogP contribution < -0.4 is 10.9 Å². The van der Waals surface area contributed by atoms with Gasteiger partial charge >= 0.3 is 0 Å². The number of rotatable bonds is 6. The van der Waals surface area contributed by atoms with E-state index in [2.05, 4.69) is 26.4 Å². The Kier molecular flexibility index (Phi) is 6.89. The van der Waals surface area contributed by atoms with E-state index in [4.69, 9.17) is 0 Å². The maximum atomic E-state index is 13.2. The van der Waals surface area contributed by atoms with Gasteiger partial charge in [-0.25, -0.2) is 4.99 Å². The molecule has 2 aromatic heterocycles. The van der Waals surface area contributed by atoms with Crippen LogP contribution in [0.3, 0.4) is 0 Å². The molecule has 0 unspecified atom stereocenters. The van der Waals surface area contributed by atoms with Gasteiger partial charge in [0.1, 0.15) is 23.8 Å². The summed E-state index contributed by atoms with van der Waals surface area (Å²) in [5, 5.41) is 13.9. The summed E-state index contributed by atoms with van der Waals surface area (Å²) in [5.74, 6) is 0.532. The summed E-state index contributed by atoms with van der Waals surface area (Å²) in [5.41, 5.74) is 4.25. The molecule has 7 heteroatoms. The molecule has 0 saturated carbocycles. The summed E-state index contributed by atoms with van der Waals surface area (Å²) in [4.78, 5) is 25.9. The first kappa shape index (κ1) is 22.6. The van der Waals surface area contributed by atoms with Crippen LogP contribution in [0.15, 0.2) is 87.8 Å². The molecule has 4 rings (SSSR count). The van der Waals surface area contributed by atoms with Crippen LogP contribution in [0, 0.1) is 18.3 Å². The molecule has 1 N–H and O–H groups in total. The van der Waals surface area contributed by atoms with E-state index in [1.807, 2.05) is 66.9 Å². The fraction of sp³-hybridized carbons (Fsp3) is 0.148. The summed E-state index contributed by atoms with van der Waals surface area (Å²) in [6.45, 7) is 1.96. The van der Waals surface area contributed by atoms with Crippen molar-refractivity contribution < 1.29 is 0 Å². The van der Waals surface area contributed by atoms with Crippen LogP contribution in [0.5, 0.6) is 0 Å². The van der Waals surface area contributed by atoms with Gasteiger partial charge in [-0.15, -0.1) is 0 Å². The van der Waals surface area contributed by atoms with Crippen molar-refractivity contribution in [2.75, 3.05) is 12.4 Å². The summed E-state index contributed by atoms with van der Waals surface area (Å²) < 4.78 is 1.58. The van der Waals surface area contributed by atoms with Gasteiger partial charge in [0.2, 0.25) is 0 Å². The van der Waals surface area contributed by atoms with Crippen LogP contribution >= 0.6 is 0 Å². The lowest BCUT2D eigenvalue weighted by Gasteiger charge is -2.17. The SMILES string of the molecule is CN=CN=C(Cn1c(=O)c(C#N)c(C)c2ccccc21)Nc1ccccc1Cc1cccnc1. The van der Waals surface area contributed by atoms with Gasteiger partial charge in [-0.1, -0.05) is 42.5 Å². The van der Waals surface area contributed by atoms with Crippen LogP contribution in [0.2, 0.25) is 0 Å². The molecule has 0 bridgehead atoms. The predicted molar refractivity (Wildman–Crippen MR) is 137 cm³/mol. The van der Waals surface area contributed by atoms with Crippen LogP contribution in [0.25, 0.3) is 10.9 Å². The van der Waals surface area contributed by atoms with E-state index in [0.717, 1.165) is 27.7 Å². The number of nitrogens with one attached hydrogen (secondary N) is 1. The molecule has 0 aliphatic carbocycles. The summed E-state index contributed by atoms with van der Waals surface area (Å²) in [7, 11) is 1.64. The topological polar surface area (TPSA) is 95.4 Å². The minimum absolute atomic E-state index is 0.138. The first-order chi connectivity index (χ1) is 16.6. The highest BCUT2D eigenvalue weighted by Gasteiger charge is 2.16. The van der Waals surface area contributed by atoms with Gasteiger partial charge in [0, 0.05) is 36.9 Å². The second-order valence-electron chi connectivity index (χ2n) is 7.79. The fourth-order valence-electron chi connectivity index (χ4n) is 3.92. The van der Waals surface area contributed by atoms with Crippen molar-refractivity contribution in [3.05, 3.63) is 106 Å². The van der Waals surface area contributed by atoms with Crippen LogP contribution in [0.1, 0.15) is 22.3 Å². The largest absolute Gasteiger partial charge is 0.342 e. The summed E-state index contributed by atoms with van der Waals surface area (Å²) in [6.07, 6.45) is 5.73. The number of pyridine rings is 2. The van der Waals surface area contributed by atoms with E-state index >= 15 is 0 Å². The number of nitrogens with zero attached hydrogens (tertiary/aromatic N) is 5. The second-order valence-corrected chi connectivity index (χ2v) is 7.79. The van der Waals surface area contributed by atoms with Gasteiger partial charge in [-0.3, -0.25) is 19.3 Å². The van der Waals surface area contributed by atoms with Gasteiger partial charge in [0.25, 0.3) is 5.56 Å². The third-order valence-electron chi connectivity index (χ3n) is 5.60. The maximum Gasteiger partial charge on any atom is 0.269 e. The van der Waals surface area contributed by atoms with Crippen molar-refractivity contribution in [2.24, 2.45) is 9.98 Å². The first-order valence-corrected chi connectivity index (χ1v) is 10.9. The maximum absolute atomic E-state index is 13.2. The lowest BCUT2D eigenvalue weighted by atomic mass is 10.0. The lowest BCUT2D eigenvalue weighted by molar-refractivity contribution is 0.838. The van der Waals surface area contributed by atoms with Crippen molar-refractivity contribution in [3.8, 4) is 6.07 Å². The van der Waals surface area contributed by atoms with E-state index in [1.54, 1.807) is 24.7 Å². The number of amidine groups is 1. The number of fused-ring (bicyclic) bond motifs is 1. The van der Waals surface area contributed by atoms with Gasteiger partial charge in [-0.05, 0) is 41.8 Å². The standard InChI is InChI=1S/C27H24N6O/c1-19-22-10-4-6-12-25(22)33(27(34)23(19)15-28)17-26(31-18-29-2)32-24-11-5-3-9-21(24)14-20-8-7-13-30-16-20/h3-13,16,18H,14,17H2,1-2H3,(H,29,31,32). The van der Waals surface area contributed by atoms with E-state index in [-0.39, 0.29) is 17.7 Å². The zero-order chi connectivity index (χ0) is 23.9. The molecule has 0 radical (unpaired) electrons. The minimum atomic E-state index is -0.342. The molecule has 168 valence electrons. The summed E-state index contributed by atoms with van der Waals surface area (Å²) >= 11 is 0. The molecule has 0 saturated heterocycles. The zero-order valence-corrected chi connectivity index (χ0v) is 19.1. The predicted octanol–water partition coefficient (Wildman–Crippen LogP) is 4.34. The minimum Gasteiger partial charge on any atom is -0.342 e. The molecule has 0 aliphatic heterocycles. The number of benzene rings is 2. The Labute approximate surface area is 197 Å². The van der Waals surface area contributed by atoms with E-state index in [1.165, 1.54) is 6.34 Å². The Bertz CT molecular complexity index is 1480. The second kappa shape index (κ2) is 10.4. The number of para-hydroxylation sites is 2. The molecular weight excluding hydrogens is 424 g/mol. The van der Waals surface area contributed by atoms with Crippen molar-refractivity contribution in [1.82, 2.24) is 9.55 Å². The highest BCUT2D eigenvalue weighted by molar-refractivity contribution is 6.00. The molecule has 2 aromatic carbocycles. The van der Waals surface area contributed by atoms with E-state index in [0.29, 0.717) is 17.8 Å². The van der Waals surface area contributed by atoms with Crippen molar-refractivity contribution in [3.63, 3.8) is 0 Å². The van der Waals surface area contributed by atoms with Gasteiger partial charge in [0.05, 0.1) is 12.1 Å². The first-order valence-electron chi connectivity index (χ1n) is 10.9. The number of hydrogen-bond donors (Lipinski definition) is 1. The monoisotopic (exact) mass is 448 g/mol. The van der Waals surface area contributed by atoms with Crippen molar-refractivity contribution >= 4 is 28.8 Å². The molecule has 0 atom stereocenters. The summed E-state index contributed by atoms with van der Waals surface area (Å²) in [6, 6.07) is 21.5. The van der Waals surface area contributed by atoms with Crippen molar-refractivity contribution in [2.45, 2.75) is 19.9 Å². The molecule has 0 amide bonds. The number of anilines is 1. The molecule has 34 heavy (non-hydrogen) atoms. The van der Waals surface area contributed by atoms with Gasteiger partial charge < -0.3 is 5.32 Å².